The summed E-state index contributed by atoms with van der Waals surface area (Å²) >= 11 is 0. The average molecular weight is 495 g/mol. The molecule has 2 saturated heterocycles. The van der Waals surface area contributed by atoms with E-state index in [0.717, 1.165) is 31.6 Å². The number of phenols is 1. The number of ketones is 1. The summed E-state index contributed by atoms with van der Waals surface area (Å²) in [6.45, 7) is 8.57. The van der Waals surface area contributed by atoms with Gasteiger partial charge in [0.05, 0.1) is 37.0 Å². The van der Waals surface area contributed by atoms with Crippen LogP contribution >= 0.6 is 0 Å². The minimum atomic E-state index is -0.792. The van der Waals surface area contributed by atoms with Crippen LogP contribution in [-0.2, 0) is 14.3 Å². The van der Waals surface area contributed by atoms with Crippen molar-refractivity contribution in [2.24, 2.45) is 0 Å². The zero-order chi connectivity index (χ0) is 25.7. The fourth-order valence-electron chi connectivity index (χ4n) is 4.73. The lowest BCUT2D eigenvalue weighted by atomic mass is 9.94. The smallest absolute Gasteiger partial charge is 0.295 e. The van der Waals surface area contributed by atoms with E-state index in [4.69, 9.17) is 9.47 Å². The van der Waals surface area contributed by atoms with Crippen LogP contribution in [0.4, 0.5) is 0 Å². The Kier molecular flexibility index (Phi) is 8.28. The highest BCUT2D eigenvalue weighted by Crippen LogP contribution is 2.41. The summed E-state index contributed by atoms with van der Waals surface area (Å²) < 4.78 is 11.2. The number of nitrogens with zero attached hydrogens (tertiary/aromatic N) is 2. The first-order valence-corrected chi connectivity index (χ1v) is 12.5. The van der Waals surface area contributed by atoms with Crippen molar-refractivity contribution in [2.75, 3.05) is 46.0 Å². The Bertz CT molecular complexity index is 1140. The molecule has 4 rings (SSSR count). The molecule has 1 atom stereocenters. The van der Waals surface area contributed by atoms with Gasteiger partial charge in [0.15, 0.2) is 0 Å². The van der Waals surface area contributed by atoms with Crippen molar-refractivity contribution in [3.05, 3.63) is 64.7 Å². The molecule has 0 aromatic heterocycles. The molecule has 0 aliphatic carbocycles. The van der Waals surface area contributed by atoms with Gasteiger partial charge in [-0.15, -0.1) is 0 Å². The lowest BCUT2D eigenvalue weighted by Gasteiger charge is -2.29. The molecule has 36 heavy (non-hydrogen) atoms. The Morgan fingerprint density at radius 3 is 2.64 bits per heavy atom. The summed E-state index contributed by atoms with van der Waals surface area (Å²) in [7, 11) is 0. The second-order valence-electron chi connectivity index (χ2n) is 9.24. The molecule has 0 bridgehead atoms. The van der Waals surface area contributed by atoms with Crippen molar-refractivity contribution < 1.29 is 29.3 Å². The Balaban J connectivity index is 1.71. The maximum absolute atomic E-state index is 13.3. The van der Waals surface area contributed by atoms with Crippen LogP contribution in [0.1, 0.15) is 42.5 Å². The van der Waals surface area contributed by atoms with Crippen LogP contribution in [0.5, 0.6) is 11.5 Å². The second kappa shape index (κ2) is 11.6. The van der Waals surface area contributed by atoms with E-state index in [1.54, 1.807) is 12.1 Å². The zero-order valence-corrected chi connectivity index (χ0v) is 20.9. The molecule has 2 fully saturated rings. The van der Waals surface area contributed by atoms with Crippen LogP contribution in [0.25, 0.3) is 5.76 Å². The van der Waals surface area contributed by atoms with E-state index in [1.165, 1.54) is 11.0 Å². The number of hydrogen-bond acceptors (Lipinski definition) is 7. The number of morpholine rings is 1. The number of likely N-dealkylation sites (tertiary alicyclic amines) is 1. The molecule has 8 nitrogen and oxygen atoms in total. The standard InChI is InChI=1S/C28H34N2O6/c1-3-14-36-21-7-4-6-20(18-21)25-24(26(32)22-17-19(2)8-9-23(22)31)27(33)28(34)30(25)11-5-10-29-12-15-35-16-13-29/h4,6-9,17-18,25,31-32H,3,5,10-16H2,1-2H3/t25-/m1/s1. The van der Waals surface area contributed by atoms with Crippen LogP contribution in [0.3, 0.4) is 0 Å². The number of amides is 1. The van der Waals surface area contributed by atoms with Gasteiger partial charge in [0.2, 0.25) is 0 Å². The topological polar surface area (TPSA) is 99.5 Å². The fraction of sp³-hybridized carbons (Fsp3) is 0.429. The van der Waals surface area contributed by atoms with Gasteiger partial charge in [-0.3, -0.25) is 14.5 Å². The third-order valence-corrected chi connectivity index (χ3v) is 6.57. The first-order valence-electron chi connectivity index (χ1n) is 12.5. The van der Waals surface area contributed by atoms with Crippen molar-refractivity contribution in [3.8, 4) is 11.5 Å². The van der Waals surface area contributed by atoms with E-state index in [9.17, 15) is 19.8 Å². The number of aliphatic hydroxyl groups is 1. The van der Waals surface area contributed by atoms with Crippen molar-refractivity contribution >= 4 is 17.4 Å². The SMILES string of the molecule is CCCOc1cccc([C@@H]2C(=C(O)c3cc(C)ccc3O)C(=O)C(=O)N2CCCN2CCOCC2)c1. The predicted molar refractivity (Wildman–Crippen MR) is 136 cm³/mol. The lowest BCUT2D eigenvalue weighted by Crippen LogP contribution is -2.38. The highest BCUT2D eigenvalue weighted by Gasteiger charge is 2.46. The average Bonchev–Trinajstić information content (AvgIpc) is 3.14. The molecule has 8 heteroatoms. The summed E-state index contributed by atoms with van der Waals surface area (Å²) in [5.74, 6) is -1.32. The Labute approximate surface area is 211 Å². The molecule has 2 N–H and O–H groups in total. The molecule has 2 heterocycles. The van der Waals surface area contributed by atoms with Crippen LogP contribution in [0.2, 0.25) is 0 Å². The third-order valence-electron chi connectivity index (χ3n) is 6.57. The maximum atomic E-state index is 13.3. The highest BCUT2D eigenvalue weighted by atomic mass is 16.5. The van der Waals surface area contributed by atoms with Gasteiger partial charge in [-0.2, -0.15) is 0 Å². The molecule has 2 aliphatic rings. The van der Waals surface area contributed by atoms with E-state index in [2.05, 4.69) is 4.90 Å². The summed E-state index contributed by atoms with van der Waals surface area (Å²) in [4.78, 5) is 30.3. The maximum Gasteiger partial charge on any atom is 0.295 e. The van der Waals surface area contributed by atoms with Crippen molar-refractivity contribution in [2.45, 2.75) is 32.7 Å². The van der Waals surface area contributed by atoms with Crippen LogP contribution in [0.15, 0.2) is 48.0 Å². The largest absolute Gasteiger partial charge is 0.507 e. The highest BCUT2D eigenvalue weighted by molar-refractivity contribution is 6.46. The van der Waals surface area contributed by atoms with Gasteiger partial charge in [0.25, 0.3) is 11.7 Å². The van der Waals surface area contributed by atoms with Gasteiger partial charge in [-0.05, 0) is 49.6 Å². The van der Waals surface area contributed by atoms with Gasteiger partial charge in [0.1, 0.15) is 17.3 Å². The number of phenolic OH excluding ortho intramolecular Hbond substituents is 1. The molecule has 0 unspecified atom stereocenters. The molecule has 0 spiro atoms. The van der Waals surface area contributed by atoms with E-state index >= 15 is 0 Å². The number of aryl methyl sites for hydroxylation is 1. The summed E-state index contributed by atoms with van der Waals surface area (Å²) in [6, 6.07) is 11.3. The number of carbonyl (C=O) groups is 2. The van der Waals surface area contributed by atoms with Gasteiger partial charge >= 0.3 is 0 Å². The minimum Gasteiger partial charge on any atom is -0.507 e. The first kappa shape index (κ1) is 25.7. The summed E-state index contributed by atoms with van der Waals surface area (Å²) in [5.41, 5.74) is 1.58. The molecule has 0 saturated carbocycles. The number of aromatic hydroxyl groups is 1. The molecule has 2 aliphatic heterocycles. The number of ether oxygens (including phenoxy) is 2. The third kappa shape index (κ3) is 5.55. The van der Waals surface area contributed by atoms with Gasteiger partial charge in [-0.25, -0.2) is 0 Å². The number of benzene rings is 2. The number of hydrogen-bond donors (Lipinski definition) is 2. The first-order chi connectivity index (χ1) is 17.4. The number of Topliss-reactive ketones (excluding diaryl/α,β-unsaturated/α-hetero) is 1. The van der Waals surface area contributed by atoms with Crippen molar-refractivity contribution in [1.82, 2.24) is 9.80 Å². The molecular weight excluding hydrogens is 460 g/mol. The van der Waals surface area contributed by atoms with E-state index in [1.807, 2.05) is 38.1 Å². The summed E-state index contributed by atoms with van der Waals surface area (Å²) in [5, 5.41) is 21.7. The molecular formula is C28H34N2O6. The van der Waals surface area contributed by atoms with E-state index < -0.39 is 17.7 Å². The zero-order valence-electron chi connectivity index (χ0n) is 20.9. The fourth-order valence-corrected chi connectivity index (χ4v) is 4.73. The Hall–Kier alpha value is -3.36. The Morgan fingerprint density at radius 1 is 1.11 bits per heavy atom. The monoisotopic (exact) mass is 494 g/mol. The van der Waals surface area contributed by atoms with Crippen LogP contribution in [-0.4, -0.2) is 77.7 Å². The molecule has 0 radical (unpaired) electrons. The second-order valence-corrected chi connectivity index (χ2v) is 9.24. The molecule has 2 aromatic carbocycles. The summed E-state index contributed by atoms with van der Waals surface area (Å²) in [6.07, 6.45) is 1.52. The van der Waals surface area contributed by atoms with Crippen LogP contribution < -0.4 is 4.74 Å². The number of rotatable bonds is 9. The molecule has 2 aromatic rings. The van der Waals surface area contributed by atoms with E-state index in [-0.39, 0.29) is 22.6 Å². The van der Waals surface area contributed by atoms with Crippen LogP contribution in [0, 0.1) is 6.92 Å². The van der Waals surface area contributed by atoms with Gasteiger partial charge < -0.3 is 24.6 Å². The predicted octanol–water partition coefficient (Wildman–Crippen LogP) is 3.63. The molecule has 1 amide bonds. The quantitative estimate of drug-likeness (QED) is 0.312. The minimum absolute atomic E-state index is 0.0279. The van der Waals surface area contributed by atoms with Gasteiger partial charge in [-0.1, -0.05) is 30.7 Å². The van der Waals surface area contributed by atoms with Crippen molar-refractivity contribution in [1.29, 1.82) is 0 Å². The number of carbonyl (C=O) groups excluding carboxylic acids is 2. The number of aliphatic hydroxyl groups excluding tert-OH is 1. The lowest BCUT2D eigenvalue weighted by molar-refractivity contribution is -0.140. The Morgan fingerprint density at radius 2 is 1.89 bits per heavy atom. The van der Waals surface area contributed by atoms with Gasteiger partial charge in [0, 0.05) is 26.2 Å². The van der Waals surface area contributed by atoms with E-state index in [0.29, 0.717) is 44.1 Å². The molecule has 192 valence electrons. The normalized spacial score (nSPS) is 20.2. The van der Waals surface area contributed by atoms with Crippen molar-refractivity contribution in [3.63, 3.8) is 0 Å².